The van der Waals surface area contributed by atoms with E-state index >= 15 is 0 Å². The first kappa shape index (κ1) is 34.1. The van der Waals surface area contributed by atoms with Crippen molar-refractivity contribution in [2.45, 2.75) is 39.2 Å². The van der Waals surface area contributed by atoms with Gasteiger partial charge >= 0.3 is 0 Å². The second-order valence-electron chi connectivity index (χ2n) is 10.1. The summed E-state index contributed by atoms with van der Waals surface area (Å²) in [5.41, 5.74) is 8.58. The van der Waals surface area contributed by atoms with Crippen LogP contribution in [0.2, 0.25) is 0 Å². The van der Waals surface area contributed by atoms with Crippen molar-refractivity contribution in [2.75, 3.05) is 39.2 Å². The molecule has 1 fully saturated rings. The number of carbonyl (C=O) groups is 3. The van der Waals surface area contributed by atoms with E-state index in [0.29, 0.717) is 17.7 Å². The van der Waals surface area contributed by atoms with Gasteiger partial charge < -0.3 is 26.0 Å². The van der Waals surface area contributed by atoms with Crippen LogP contribution in [0.4, 0.5) is 10.1 Å². The summed E-state index contributed by atoms with van der Waals surface area (Å²) < 4.78 is 17.2. The monoisotopic (exact) mass is 579 g/mol. The van der Waals surface area contributed by atoms with E-state index in [1.807, 2.05) is 18.2 Å². The van der Waals surface area contributed by atoms with Crippen molar-refractivity contribution in [3.05, 3.63) is 95.6 Å². The average molecular weight is 580 g/mol. The largest absolute Gasteiger partial charge is 0.388 e. The number of nitrogens with two attached hydrogens (primary N) is 1. The predicted molar refractivity (Wildman–Crippen MR) is 163 cm³/mol. The molecule has 10 heteroatoms. The van der Waals surface area contributed by atoms with Crippen molar-refractivity contribution < 1.29 is 23.5 Å². The van der Waals surface area contributed by atoms with Gasteiger partial charge in [-0.05, 0) is 56.5 Å². The molecular formula is C32H42FN5O4. The highest BCUT2D eigenvalue weighted by Crippen LogP contribution is 2.14. The number of ether oxygens (including phenoxy) is 1. The lowest BCUT2D eigenvalue weighted by atomic mass is 10.0. The zero-order valence-corrected chi connectivity index (χ0v) is 24.8. The molecule has 2 aromatic carbocycles. The van der Waals surface area contributed by atoms with Gasteiger partial charge in [0, 0.05) is 63.9 Å². The van der Waals surface area contributed by atoms with Crippen molar-refractivity contribution in [3.63, 3.8) is 0 Å². The Hall–Kier alpha value is -4.15. The minimum absolute atomic E-state index is 0.123. The number of amides is 3. The second kappa shape index (κ2) is 18.3. The van der Waals surface area contributed by atoms with Gasteiger partial charge in [0.2, 0.25) is 5.91 Å². The standard InChI is InChI=1S/C23H28FN5O3.C7H8.C2H6O/c1-15(21(30)28-20-6-4-18(24)5-7-20)10-19(25)14-27-22(31)16-11-17(13-26-12-16)23(32)29-8-2-3-9-29;1-7-5-3-2-4-6-7;1-3-2/h4-7,11-13,15,19H,2-3,8-10,14,25H2,1H3,(H,27,31)(H,28,30);2-6H,1H3;1-2H3. The summed E-state index contributed by atoms with van der Waals surface area (Å²) in [5, 5.41) is 5.44. The zero-order chi connectivity index (χ0) is 30.9. The molecule has 226 valence electrons. The molecule has 42 heavy (non-hydrogen) atoms. The Morgan fingerprint density at radius 1 is 1.00 bits per heavy atom. The van der Waals surface area contributed by atoms with E-state index < -0.39 is 12.0 Å². The average Bonchev–Trinajstić information content (AvgIpc) is 3.53. The Labute approximate surface area is 247 Å². The Kier molecular flexibility index (Phi) is 14.9. The maximum atomic E-state index is 13.0. The Balaban J connectivity index is 0.000000523. The van der Waals surface area contributed by atoms with Gasteiger partial charge in [-0.25, -0.2) is 4.39 Å². The first-order chi connectivity index (χ1) is 20.1. The number of aryl methyl sites for hydroxylation is 1. The van der Waals surface area contributed by atoms with E-state index in [4.69, 9.17) is 5.73 Å². The Morgan fingerprint density at radius 3 is 2.17 bits per heavy atom. The van der Waals surface area contributed by atoms with Crippen molar-refractivity contribution in [1.29, 1.82) is 0 Å². The van der Waals surface area contributed by atoms with E-state index in [1.165, 1.54) is 48.3 Å². The number of hydrogen-bond donors (Lipinski definition) is 3. The van der Waals surface area contributed by atoms with Crippen molar-refractivity contribution >= 4 is 23.4 Å². The molecule has 9 nitrogen and oxygen atoms in total. The van der Waals surface area contributed by atoms with Crippen LogP contribution >= 0.6 is 0 Å². The maximum absolute atomic E-state index is 13.0. The molecule has 3 aromatic rings. The molecule has 2 atom stereocenters. The fourth-order valence-electron chi connectivity index (χ4n) is 4.09. The zero-order valence-electron chi connectivity index (χ0n) is 24.8. The molecule has 0 radical (unpaired) electrons. The highest BCUT2D eigenvalue weighted by molar-refractivity contribution is 5.99. The molecule has 0 spiro atoms. The third kappa shape index (κ3) is 12.2. The van der Waals surface area contributed by atoms with Crippen LogP contribution in [0.15, 0.2) is 73.1 Å². The highest BCUT2D eigenvalue weighted by atomic mass is 19.1. The Morgan fingerprint density at radius 2 is 1.60 bits per heavy atom. The molecule has 2 unspecified atom stereocenters. The summed E-state index contributed by atoms with van der Waals surface area (Å²) in [6.07, 6.45) is 5.18. The van der Waals surface area contributed by atoms with Gasteiger partial charge in [-0.15, -0.1) is 0 Å². The van der Waals surface area contributed by atoms with Gasteiger partial charge in [-0.2, -0.15) is 0 Å². The topological polar surface area (TPSA) is 127 Å². The van der Waals surface area contributed by atoms with Crippen molar-refractivity contribution in [2.24, 2.45) is 11.7 Å². The summed E-state index contributed by atoms with van der Waals surface area (Å²) in [5.74, 6) is -1.53. The SMILES string of the molecule is CC(CC(N)CNC(=O)c1cncc(C(=O)N2CCCC2)c1)C(=O)Nc1ccc(F)cc1.COC.Cc1ccccc1. The normalized spacial score (nSPS) is 13.4. The minimum atomic E-state index is -0.449. The number of aromatic nitrogens is 1. The van der Waals surface area contributed by atoms with Crippen LogP contribution in [0.3, 0.4) is 0 Å². The van der Waals surface area contributed by atoms with Crippen LogP contribution in [0, 0.1) is 18.7 Å². The number of nitrogens with one attached hydrogen (secondary N) is 2. The lowest BCUT2D eigenvalue weighted by Crippen LogP contribution is -2.39. The van der Waals surface area contributed by atoms with E-state index in [0.717, 1.165) is 25.9 Å². The molecule has 1 aliphatic rings. The van der Waals surface area contributed by atoms with Crippen LogP contribution in [-0.4, -0.2) is 67.5 Å². The maximum Gasteiger partial charge on any atom is 0.255 e. The Bertz CT molecular complexity index is 1250. The first-order valence-corrected chi connectivity index (χ1v) is 13.9. The van der Waals surface area contributed by atoms with Gasteiger partial charge in [-0.3, -0.25) is 19.4 Å². The molecule has 0 saturated carbocycles. The number of methoxy groups -OCH3 is 1. The summed E-state index contributed by atoms with van der Waals surface area (Å²) in [6.45, 7) is 5.42. The lowest BCUT2D eigenvalue weighted by Gasteiger charge is -2.18. The van der Waals surface area contributed by atoms with Gasteiger partial charge in [0.1, 0.15) is 5.82 Å². The molecule has 0 aliphatic carbocycles. The number of benzene rings is 2. The predicted octanol–water partition coefficient (Wildman–Crippen LogP) is 4.44. The molecule has 3 amide bonds. The lowest BCUT2D eigenvalue weighted by molar-refractivity contribution is -0.119. The third-order valence-corrected chi connectivity index (χ3v) is 6.32. The summed E-state index contributed by atoms with van der Waals surface area (Å²) in [4.78, 5) is 43.1. The second-order valence-corrected chi connectivity index (χ2v) is 10.1. The van der Waals surface area contributed by atoms with Crippen molar-refractivity contribution in [3.8, 4) is 0 Å². The summed E-state index contributed by atoms with van der Waals surface area (Å²) in [7, 11) is 3.25. The van der Waals surface area contributed by atoms with Gasteiger partial charge in [0.15, 0.2) is 0 Å². The first-order valence-electron chi connectivity index (χ1n) is 13.9. The smallest absolute Gasteiger partial charge is 0.255 e. The fraction of sp³-hybridized carbons (Fsp3) is 0.375. The van der Waals surface area contributed by atoms with Gasteiger partial charge in [-0.1, -0.05) is 42.8 Å². The highest BCUT2D eigenvalue weighted by Gasteiger charge is 2.21. The van der Waals surface area contributed by atoms with E-state index in [2.05, 4.69) is 39.4 Å². The van der Waals surface area contributed by atoms with Crippen LogP contribution in [0.5, 0.6) is 0 Å². The third-order valence-electron chi connectivity index (χ3n) is 6.32. The van der Waals surface area contributed by atoms with E-state index in [1.54, 1.807) is 26.0 Å². The van der Waals surface area contributed by atoms with Crippen LogP contribution < -0.4 is 16.4 Å². The fourth-order valence-corrected chi connectivity index (χ4v) is 4.09. The molecular weight excluding hydrogens is 537 g/mol. The molecule has 2 heterocycles. The molecule has 1 saturated heterocycles. The van der Waals surface area contributed by atoms with E-state index in [-0.39, 0.29) is 35.6 Å². The number of hydrogen-bond acceptors (Lipinski definition) is 6. The van der Waals surface area contributed by atoms with Crippen molar-refractivity contribution in [1.82, 2.24) is 15.2 Å². The van der Waals surface area contributed by atoms with Crippen LogP contribution in [0.1, 0.15) is 52.5 Å². The van der Waals surface area contributed by atoms with Gasteiger partial charge in [0.25, 0.3) is 11.8 Å². The number of anilines is 1. The van der Waals surface area contributed by atoms with Crippen LogP contribution in [-0.2, 0) is 9.53 Å². The number of pyridine rings is 1. The van der Waals surface area contributed by atoms with Gasteiger partial charge in [0.05, 0.1) is 11.1 Å². The molecule has 4 rings (SSSR count). The number of halogens is 1. The number of rotatable bonds is 8. The summed E-state index contributed by atoms with van der Waals surface area (Å²) in [6, 6.07) is 16.8. The molecule has 0 bridgehead atoms. The molecule has 1 aliphatic heterocycles. The summed E-state index contributed by atoms with van der Waals surface area (Å²) >= 11 is 0. The quantitative estimate of drug-likeness (QED) is 0.362. The number of nitrogens with zero attached hydrogens (tertiary/aromatic N) is 2. The number of carbonyl (C=O) groups excluding carboxylic acids is 3. The van der Waals surface area contributed by atoms with Crippen LogP contribution in [0.25, 0.3) is 0 Å². The molecule has 4 N–H and O–H groups in total. The minimum Gasteiger partial charge on any atom is -0.388 e. The number of likely N-dealkylation sites (tertiary alicyclic amines) is 1. The van der Waals surface area contributed by atoms with E-state index in [9.17, 15) is 18.8 Å². The molecule has 1 aromatic heterocycles.